The van der Waals surface area contributed by atoms with Gasteiger partial charge in [-0.1, -0.05) is 50.2 Å². The number of aliphatic hydroxyl groups excluding tert-OH is 1. The zero-order valence-electron chi connectivity index (χ0n) is 23.7. The summed E-state index contributed by atoms with van der Waals surface area (Å²) in [5.41, 5.74) is 2.45. The summed E-state index contributed by atoms with van der Waals surface area (Å²) in [4.78, 5) is 45.6. The van der Waals surface area contributed by atoms with Crippen molar-refractivity contribution in [1.29, 1.82) is 0 Å². The Bertz CT molecular complexity index is 1320. The van der Waals surface area contributed by atoms with Gasteiger partial charge in [-0.3, -0.25) is 14.4 Å². The number of imidazole rings is 1. The summed E-state index contributed by atoms with van der Waals surface area (Å²) >= 11 is 0. The summed E-state index contributed by atoms with van der Waals surface area (Å²) in [5, 5.41) is 15.1. The molecule has 1 atom stereocenters. The van der Waals surface area contributed by atoms with Gasteiger partial charge in [0.2, 0.25) is 17.7 Å². The molecule has 218 valence electrons. The molecule has 0 saturated heterocycles. The van der Waals surface area contributed by atoms with E-state index in [1.807, 2.05) is 48.9 Å². The van der Waals surface area contributed by atoms with E-state index >= 15 is 0 Å². The zero-order valence-corrected chi connectivity index (χ0v) is 23.7. The molecule has 3 amide bonds. The summed E-state index contributed by atoms with van der Waals surface area (Å²) in [6, 6.07) is 14.1. The van der Waals surface area contributed by atoms with Crippen LogP contribution in [0.3, 0.4) is 0 Å². The fourth-order valence-corrected chi connectivity index (χ4v) is 4.80. The Hall–Kier alpha value is -4.18. The third kappa shape index (κ3) is 8.65. The number of amides is 3. The van der Waals surface area contributed by atoms with Gasteiger partial charge < -0.3 is 29.9 Å². The van der Waals surface area contributed by atoms with E-state index in [0.29, 0.717) is 44.8 Å². The number of hydrogen-bond acceptors (Lipinski definition) is 6. The molecule has 1 aromatic heterocycles. The molecule has 10 nitrogen and oxygen atoms in total. The summed E-state index contributed by atoms with van der Waals surface area (Å²) in [6.45, 7) is 5.29. The fourth-order valence-electron chi connectivity index (χ4n) is 4.80. The van der Waals surface area contributed by atoms with Crippen molar-refractivity contribution >= 4 is 17.7 Å². The first-order chi connectivity index (χ1) is 19.8. The Morgan fingerprint density at radius 1 is 1.12 bits per heavy atom. The second-order valence-electron chi connectivity index (χ2n) is 10.7. The minimum absolute atomic E-state index is 0.0716. The highest BCUT2D eigenvalue weighted by atomic mass is 16.5. The third-order valence-electron chi connectivity index (χ3n) is 6.91. The second-order valence-corrected chi connectivity index (χ2v) is 10.7. The Morgan fingerprint density at radius 2 is 1.90 bits per heavy atom. The molecule has 0 saturated carbocycles. The van der Waals surface area contributed by atoms with Crippen LogP contribution < -0.4 is 15.4 Å². The van der Waals surface area contributed by atoms with Gasteiger partial charge in [0.1, 0.15) is 17.6 Å². The normalized spacial score (nSPS) is 17.1. The van der Waals surface area contributed by atoms with Gasteiger partial charge >= 0.3 is 0 Å². The molecule has 10 heteroatoms. The Balaban J connectivity index is 1.54. The number of hydrogen-bond donors (Lipinski definition) is 3. The van der Waals surface area contributed by atoms with E-state index in [0.717, 1.165) is 22.5 Å². The van der Waals surface area contributed by atoms with E-state index in [4.69, 9.17) is 4.74 Å². The van der Waals surface area contributed by atoms with Crippen molar-refractivity contribution in [2.24, 2.45) is 5.92 Å². The predicted octanol–water partition coefficient (Wildman–Crippen LogP) is 2.54. The smallest absolute Gasteiger partial charge is 0.242 e. The number of rotatable bonds is 5. The number of aliphatic hydroxyl groups is 1. The summed E-state index contributed by atoms with van der Waals surface area (Å²) in [6.07, 6.45) is 4.69. The van der Waals surface area contributed by atoms with Crippen LogP contribution in [0.2, 0.25) is 0 Å². The molecule has 2 heterocycles. The average Bonchev–Trinajstić information content (AvgIpc) is 3.42. The van der Waals surface area contributed by atoms with E-state index in [1.54, 1.807) is 30.5 Å². The van der Waals surface area contributed by atoms with Gasteiger partial charge in [0.05, 0.1) is 26.2 Å². The van der Waals surface area contributed by atoms with E-state index < -0.39 is 6.04 Å². The lowest BCUT2D eigenvalue weighted by molar-refractivity contribution is -0.136. The highest BCUT2D eigenvalue weighted by Gasteiger charge is 2.24. The lowest BCUT2D eigenvalue weighted by atomic mass is 10.0. The molecule has 0 radical (unpaired) electrons. The van der Waals surface area contributed by atoms with Gasteiger partial charge in [0, 0.05) is 37.6 Å². The van der Waals surface area contributed by atoms with Crippen molar-refractivity contribution in [2.75, 3.05) is 26.2 Å². The van der Waals surface area contributed by atoms with E-state index in [-0.39, 0.29) is 43.2 Å². The van der Waals surface area contributed by atoms with E-state index in [9.17, 15) is 19.5 Å². The Kier molecular flexibility index (Phi) is 10.5. The molecule has 0 spiro atoms. The average molecular weight is 562 g/mol. The van der Waals surface area contributed by atoms with Gasteiger partial charge in [-0.25, -0.2) is 4.98 Å². The molecule has 3 aromatic rings. The molecule has 2 bridgehead atoms. The topological polar surface area (TPSA) is 126 Å². The van der Waals surface area contributed by atoms with Crippen LogP contribution in [-0.4, -0.2) is 69.6 Å². The standard InChI is InChI=1S/C31H39N5O5/c1-22(2)17-27-31(40)33-12-15-35-14-11-32-30(35)25-5-3-6-26(19-25)41-16-4-13-36(20-28(38)34-27)29(39)18-23-7-9-24(21-37)10-8-23/h3,5-11,14,19,22,27,37H,4,12-13,15-18,20-21H2,1-2H3,(H,33,40)(H,34,38)/t27-/m1/s1. The Labute approximate surface area is 240 Å². The molecule has 0 unspecified atom stereocenters. The van der Waals surface area contributed by atoms with Crippen LogP contribution in [-0.2, 0) is 34.0 Å². The van der Waals surface area contributed by atoms with Crippen LogP contribution >= 0.6 is 0 Å². The molecule has 0 fully saturated rings. The molecule has 41 heavy (non-hydrogen) atoms. The fraction of sp³-hybridized carbons (Fsp3) is 0.419. The number of carbonyl (C=O) groups is 3. The molecule has 4 rings (SSSR count). The molecular weight excluding hydrogens is 522 g/mol. The molecule has 1 aliphatic heterocycles. The maximum absolute atomic E-state index is 13.3. The van der Waals surface area contributed by atoms with Gasteiger partial charge in [-0.15, -0.1) is 0 Å². The molecule has 3 N–H and O–H groups in total. The SMILES string of the molecule is CC(C)C[C@H]1NC(=O)CN(C(=O)Cc2ccc(CO)cc2)CCCOc2cccc(c2)-c2nccn2CCNC1=O. The van der Waals surface area contributed by atoms with E-state index in [2.05, 4.69) is 15.6 Å². The van der Waals surface area contributed by atoms with Gasteiger partial charge in [-0.2, -0.15) is 0 Å². The molecule has 2 aromatic carbocycles. The van der Waals surface area contributed by atoms with E-state index in [1.165, 1.54) is 4.90 Å². The predicted molar refractivity (Wildman–Crippen MR) is 155 cm³/mol. The molecule has 0 aliphatic carbocycles. The maximum atomic E-state index is 13.3. The number of ether oxygens (including phenoxy) is 1. The first kappa shape index (κ1) is 29.8. The van der Waals surface area contributed by atoms with Crippen molar-refractivity contribution in [2.45, 2.75) is 52.3 Å². The first-order valence-electron chi connectivity index (χ1n) is 14.1. The van der Waals surface area contributed by atoms with Gasteiger partial charge in [-0.05, 0) is 42.0 Å². The maximum Gasteiger partial charge on any atom is 0.242 e. The van der Waals surface area contributed by atoms with Crippen LogP contribution in [0, 0.1) is 5.92 Å². The van der Waals surface area contributed by atoms with Gasteiger partial charge in [0.25, 0.3) is 0 Å². The monoisotopic (exact) mass is 561 g/mol. The van der Waals surface area contributed by atoms with Crippen LogP contribution in [0.5, 0.6) is 5.75 Å². The quantitative estimate of drug-likeness (QED) is 0.440. The van der Waals surface area contributed by atoms with Crippen molar-refractivity contribution in [3.05, 3.63) is 72.1 Å². The molecule has 1 aliphatic rings. The van der Waals surface area contributed by atoms with Crippen molar-refractivity contribution < 1.29 is 24.2 Å². The van der Waals surface area contributed by atoms with Crippen LogP contribution in [0.25, 0.3) is 11.4 Å². The number of nitrogens with zero attached hydrogens (tertiary/aromatic N) is 3. The number of fused-ring (bicyclic) bond motifs is 4. The largest absolute Gasteiger partial charge is 0.494 e. The zero-order chi connectivity index (χ0) is 29.2. The second kappa shape index (κ2) is 14.5. The third-order valence-corrected chi connectivity index (χ3v) is 6.91. The van der Waals surface area contributed by atoms with Crippen molar-refractivity contribution in [1.82, 2.24) is 25.1 Å². The lowest BCUT2D eigenvalue weighted by Gasteiger charge is -2.25. The first-order valence-corrected chi connectivity index (χ1v) is 14.1. The van der Waals surface area contributed by atoms with Crippen molar-refractivity contribution in [3.63, 3.8) is 0 Å². The highest BCUT2D eigenvalue weighted by molar-refractivity contribution is 5.90. The number of carbonyl (C=O) groups excluding carboxylic acids is 3. The minimum Gasteiger partial charge on any atom is -0.494 e. The minimum atomic E-state index is -0.716. The van der Waals surface area contributed by atoms with Crippen LogP contribution in [0.1, 0.15) is 37.8 Å². The van der Waals surface area contributed by atoms with Crippen molar-refractivity contribution in [3.8, 4) is 17.1 Å². The summed E-state index contributed by atoms with van der Waals surface area (Å²) < 4.78 is 7.97. The van der Waals surface area contributed by atoms with Crippen LogP contribution in [0.4, 0.5) is 0 Å². The highest BCUT2D eigenvalue weighted by Crippen LogP contribution is 2.23. The summed E-state index contributed by atoms with van der Waals surface area (Å²) in [5.74, 6) is 0.774. The lowest BCUT2D eigenvalue weighted by Crippen LogP contribution is -2.51. The van der Waals surface area contributed by atoms with Crippen LogP contribution in [0.15, 0.2) is 60.9 Å². The van der Waals surface area contributed by atoms with Gasteiger partial charge in [0.15, 0.2) is 0 Å². The number of nitrogens with one attached hydrogen (secondary N) is 2. The summed E-state index contributed by atoms with van der Waals surface area (Å²) in [7, 11) is 0. The number of aromatic nitrogens is 2. The number of benzene rings is 2. The molecular formula is C31H39N5O5. The Morgan fingerprint density at radius 3 is 2.66 bits per heavy atom.